The van der Waals surface area contributed by atoms with Crippen LogP contribution in [0.5, 0.6) is 11.5 Å². The van der Waals surface area contributed by atoms with Crippen molar-refractivity contribution in [3.8, 4) is 11.5 Å². The number of aromatic nitrogens is 1. The van der Waals surface area contributed by atoms with Crippen LogP contribution in [-0.4, -0.2) is 31.5 Å². The maximum Gasteiger partial charge on any atom is 0.310 e. The van der Waals surface area contributed by atoms with Crippen molar-refractivity contribution in [1.82, 2.24) is 4.98 Å². The number of ether oxygens (including phenoxy) is 3. The van der Waals surface area contributed by atoms with Gasteiger partial charge in [0.05, 0.1) is 30.7 Å². The quantitative estimate of drug-likeness (QED) is 0.310. The summed E-state index contributed by atoms with van der Waals surface area (Å²) in [5.41, 5.74) is 2.57. The van der Waals surface area contributed by atoms with Crippen LogP contribution in [0.2, 0.25) is 10.0 Å². The fourth-order valence-corrected chi connectivity index (χ4v) is 3.70. The molecule has 0 bridgehead atoms. The molecule has 0 aliphatic carbocycles. The monoisotopic (exact) mass is 473 g/mol. The number of rotatable bonds is 9. The van der Waals surface area contributed by atoms with Crippen molar-refractivity contribution >= 4 is 35.5 Å². The zero-order valence-electron chi connectivity index (χ0n) is 17.5. The van der Waals surface area contributed by atoms with Crippen molar-refractivity contribution in [1.29, 1.82) is 0 Å². The molecule has 0 aliphatic heterocycles. The third-order valence-electron chi connectivity index (χ3n) is 4.86. The number of benzene rings is 2. The second-order valence-electron chi connectivity index (χ2n) is 6.91. The van der Waals surface area contributed by atoms with E-state index in [1.54, 1.807) is 49.6 Å². The molecule has 0 amide bonds. The van der Waals surface area contributed by atoms with Gasteiger partial charge in [0.25, 0.3) is 0 Å². The summed E-state index contributed by atoms with van der Waals surface area (Å²) in [5.74, 6) is 0.615. The molecule has 0 saturated carbocycles. The maximum atomic E-state index is 12.8. The van der Waals surface area contributed by atoms with Gasteiger partial charge in [0.1, 0.15) is 12.4 Å². The Hall–Kier alpha value is -3.09. The van der Waals surface area contributed by atoms with Gasteiger partial charge in [-0.25, -0.2) is 0 Å². The summed E-state index contributed by atoms with van der Waals surface area (Å²) in [6.07, 6.45) is 3.33. The van der Waals surface area contributed by atoms with E-state index in [1.165, 1.54) is 19.5 Å². The standard InChI is InChI=1S/C24H21Cl2NO5/c1-30-21-8-7-17(10-23(21)31-2)22(11-18-19(25)12-27-13-20(18)26)32-24(29)9-15-3-5-16(14-28)6-4-15/h3-8,10,12-14,22H,9,11H2,1-2H3/t22-/m0/s1. The Labute approximate surface area is 196 Å². The van der Waals surface area contributed by atoms with Gasteiger partial charge >= 0.3 is 5.97 Å². The average molecular weight is 474 g/mol. The number of esters is 1. The number of aldehydes is 1. The minimum Gasteiger partial charge on any atom is -0.493 e. The van der Waals surface area contributed by atoms with Crippen molar-refractivity contribution in [2.75, 3.05) is 14.2 Å². The number of halogens is 2. The van der Waals surface area contributed by atoms with E-state index in [1.807, 2.05) is 0 Å². The van der Waals surface area contributed by atoms with Crippen LogP contribution in [0.25, 0.3) is 0 Å². The largest absolute Gasteiger partial charge is 0.493 e. The number of nitrogens with zero attached hydrogens (tertiary/aromatic N) is 1. The van der Waals surface area contributed by atoms with Crippen molar-refractivity contribution in [3.05, 3.63) is 87.2 Å². The van der Waals surface area contributed by atoms with Gasteiger partial charge in [-0.05, 0) is 28.8 Å². The van der Waals surface area contributed by atoms with Crippen LogP contribution in [0.3, 0.4) is 0 Å². The van der Waals surface area contributed by atoms with Gasteiger partial charge in [0.15, 0.2) is 11.5 Å². The Kier molecular flexibility index (Phi) is 8.09. The molecule has 0 aliphatic rings. The fraction of sp³-hybridized carbons (Fsp3) is 0.208. The maximum absolute atomic E-state index is 12.8. The Balaban J connectivity index is 1.89. The van der Waals surface area contributed by atoms with E-state index in [2.05, 4.69) is 4.98 Å². The normalized spacial score (nSPS) is 11.5. The third kappa shape index (κ3) is 5.78. The molecular formula is C24H21Cl2NO5. The Morgan fingerprint density at radius 3 is 2.25 bits per heavy atom. The van der Waals surface area contributed by atoms with E-state index in [9.17, 15) is 9.59 Å². The highest BCUT2D eigenvalue weighted by atomic mass is 35.5. The summed E-state index contributed by atoms with van der Waals surface area (Å²) in [6.45, 7) is 0. The SMILES string of the molecule is COc1ccc([C@H](Cc2c(Cl)cncc2Cl)OC(=O)Cc2ccc(C=O)cc2)cc1OC. The van der Waals surface area contributed by atoms with Crippen LogP contribution in [0, 0.1) is 0 Å². The molecule has 1 aromatic heterocycles. The summed E-state index contributed by atoms with van der Waals surface area (Å²) < 4.78 is 16.5. The van der Waals surface area contributed by atoms with Crippen LogP contribution in [0.4, 0.5) is 0 Å². The molecule has 0 fully saturated rings. The lowest BCUT2D eigenvalue weighted by Crippen LogP contribution is -2.16. The third-order valence-corrected chi connectivity index (χ3v) is 5.51. The summed E-state index contributed by atoms with van der Waals surface area (Å²) in [4.78, 5) is 27.6. The molecule has 8 heteroatoms. The molecule has 32 heavy (non-hydrogen) atoms. The van der Waals surface area contributed by atoms with E-state index in [0.29, 0.717) is 38.2 Å². The molecule has 3 rings (SSSR count). The average Bonchev–Trinajstić information content (AvgIpc) is 2.80. The van der Waals surface area contributed by atoms with Crippen LogP contribution in [0.15, 0.2) is 54.9 Å². The first kappa shape index (κ1) is 23.6. The van der Waals surface area contributed by atoms with Crippen molar-refractivity contribution in [2.45, 2.75) is 18.9 Å². The summed E-state index contributed by atoms with van der Waals surface area (Å²) >= 11 is 12.6. The van der Waals surface area contributed by atoms with Gasteiger partial charge in [0, 0.05) is 24.4 Å². The second kappa shape index (κ2) is 11.0. The van der Waals surface area contributed by atoms with Gasteiger partial charge in [-0.15, -0.1) is 0 Å². The molecule has 166 valence electrons. The zero-order chi connectivity index (χ0) is 23.1. The number of hydrogen-bond donors (Lipinski definition) is 0. The van der Waals surface area contributed by atoms with Crippen LogP contribution in [-0.2, 0) is 22.4 Å². The molecule has 6 nitrogen and oxygen atoms in total. The lowest BCUT2D eigenvalue weighted by molar-refractivity contribution is -0.148. The number of methoxy groups -OCH3 is 2. The minimum atomic E-state index is -0.686. The first-order chi connectivity index (χ1) is 15.4. The van der Waals surface area contributed by atoms with E-state index in [-0.39, 0.29) is 12.8 Å². The molecule has 0 saturated heterocycles. The van der Waals surface area contributed by atoms with Gasteiger partial charge in [0.2, 0.25) is 0 Å². The number of carbonyl (C=O) groups is 2. The number of carbonyl (C=O) groups excluding carboxylic acids is 2. The molecule has 1 atom stereocenters. The van der Waals surface area contributed by atoms with Gasteiger partial charge in [-0.2, -0.15) is 0 Å². The van der Waals surface area contributed by atoms with Crippen molar-refractivity contribution < 1.29 is 23.8 Å². The summed E-state index contributed by atoms with van der Waals surface area (Å²) in [7, 11) is 3.07. The Bertz CT molecular complexity index is 1080. The molecule has 3 aromatic rings. The second-order valence-corrected chi connectivity index (χ2v) is 7.73. The molecule has 0 unspecified atom stereocenters. The number of hydrogen-bond acceptors (Lipinski definition) is 6. The Morgan fingerprint density at radius 2 is 1.66 bits per heavy atom. The van der Waals surface area contributed by atoms with Crippen molar-refractivity contribution in [2.24, 2.45) is 0 Å². The lowest BCUT2D eigenvalue weighted by atomic mass is 10.0. The molecule has 0 radical (unpaired) electrons. The highest BCUT2D eigenvalue weighted by molar-refractivity contribution is 6.35. The van der Waals surface area contributed by atoms with Crippen LogP contribution in [0.1, 0.15) is 33.2 Å². The van der Waals surface area contributed by atoms with Gasteiger partial charge in [-0.3, -0.25) is 14.6 Å². The van der Waals surface area contributed by atoms with Gasteiger partial charge in [-0.1, -0.05) is 53.5 Å². The lowest BCUT2D eigenvalue weighted by Gasteiger charge is -2.21. The number of pyridine rings is 1. The van der Waals surface area contributed by atoms with E-state index < -0.39 is 12.1 Å². The van der Waals surface area contributed by atoms with E-state index >= 15 is 0 Å². The molecule has 0 spiro atoms. The Morgan fingerprint density at radius 1 is 1.00 bits per heavy atom. The molecule has 0 N–H and O–H groups in total. The highest BCUT2D eigenvalue weighted by Gasteiger charge is 2.22. The van der Waals surface area contributed by atoms with Gasteiger partial charge < -0.3 is 14.2 Å². The topological polar surface area (TPSA) is 74.7 Å². The van der Waals surface area contributed by atoms with E-state index in [0.717, 1.165) is 11.8 Å². The van der Waals surface area contributed by atoms with Crippen LogP contribution < -0.4 is 9.47 Å². The summed E-state index contributed by atoms with van der Waals surface area (Å²) in [5, 5.41) is 0.756. The highest BCUT2D eigenvalue weighted by Crippen LogP contribution is 2.35. The predicted octanol–water partition coefficient (Wildman–Crippen LogP) is 5.29. The summed E-state index contributed by atoms with van der Waals surface area (Å²) in [6, 6.07) is 12.0. The molecule has 2 aromatic carbocycles. The molecule has 1 heterocycles. The fourth-order valence-electron chi connectivity index (χ4n) is 3.18. The predicted molar refractivity (Wildman–Crippen MR) is 122 cm³/mol. The van der Waals surface area contributed by atoms with E-state index in [4.69, 9.17) is 37.4 Å². The molecular weight excluding hydrogens is 453 g/mol. The first-order valence-electron chi connectivity index (χ1n) is 9.68. The first-order valence-corrected chi connectivity index (χ1v) is 10.4. The smallest absolute Gasteiger partial charge is 0.310 e. The minimum absolute atomic E-state index is 0.0424. The zero-order valence-corrected chi connectivity index (χ0v) is 19.0. The van der Waals surface area contributed by atoms with Crippen molar-refractivity contribution in [3.63, 3.8) is 0 Å². The van der Waals surface area contributed by atoms with Crippen LogP contribution >= 0.6 is 23.2 Å².